The van der Waals surface area contributed by atoms with Gasteiger partial charge in [-0.3, -0.25) is 19.7 Å². The lowest BCUT2D eigenvalue weighted by Gasteiger charge is -2.37. The fourth-order valence-electron chi connectivity index (χ4n) is 7.85. The van der Waals surface area contributed by atoms with Gasteiger partial charge >= 0.3 is 6.03 Å². The van der Waals surface area contributed by atoms with Crippen LogP contribution in [0.3, 0.4) is 0 Å². The molecule has 4 aromatic rings. The van der Waals surface area contributed by atoms with Gasteiger partial charge in [0.1, 0.15) is 35.2 Å². The number of fused-ring (bicyclic) bond motifs is 1. The molecular weight excluding hydrogens is 880 g/mol. The standard InChI is InChI=1S/C24H27NO5S.C23H28ClN3O5S/c1-13-14(2)21-18(15(3)20(13)26)9-10-24(4,30-21)12-29-17-7-5-16(6-8-17)11-19-22(27)25-23(28)31-19;1-32-21-12-9-17(24)15-20(21)22(28)25-14-13-16-7-10-19(11-8-16)33(30,31)27-23(29)26-18-5-3-2-4-6-18/h5-8,19,26H,9-12H2,1-4H3,(H,25,27,28);7-12,15,18H,2-6,13-14H2,1H3,(H,25,28)(H2,26,27,29). The van der Waals surface area contributed by atoms with Crippen LogP contribution < -0.4 is 34.9 Å². The Morgan fingerprint density at radius 1 is 0.953 bits per heavy atom. The number of phenols is 1. The number of phenolic OH excluding ortho intramolecular Hbond substituents is 1. The molecule has 2 unspecified atom stereocenters. The highest BCUT2D eigenvalue weighted by Gasteiger charge is 2.36. The van der Waals surface area contributed by atoms with Gasteiger partial charge in [-0.05, 0) is 137 Å². The lowest BCUT2D eigenvalue weighted by Crippen LogP contribution is -2.45. The second-order valence-electron chi connectivity index (χ2n) is 16.5. The number of sulfonamides is 1. The number of nitrogens with one attached hydrogen (secondary N) is 4. The van der Waals surface area contributed by atoms with Crippen LogP contribution in [0.15, 0.2) is 71.6 Å². The summed E-state index contributed by atoms with van der Waals surface area (Å²) >= 11 is 7.00. The molecule has 0 aromatic heterocycles. The third kappa shape index (κ3) is 12.2. The number of hydrogen-bond acceptors (Lipinski definition) is 11. The maximum Gasteiger partial charge on any atom is 0.328 e. The monoisotopic (exact) mass is 934 g/mol. The van der Waals surface area contributed by atoms with Gasteiger partial charge in [-0.1, -0.05) is 66.9 Å². The van der Waals surface area contributed by atoms with E-state index in [0.29, 0.717) is 48.1 Å². The number of thioether (sulfide) groups is 1. The topological polar surface area (TPSA) is 198 Å². The Balaban J connectivity index is 0.000000213. The van der Waals surface area contributed by atoms with E-state index in [0.717, 1.165) is 102 Å². The van der Waals surface area contributed by atoms with Crippen molar-refractivity contribution in [1.82, 2.24) is 20.7 Å². The predicted molar refractivity (Wildman–Crippen MR) is 246 cm³/mol. The summed E-state index contributed by atoms with van der Waals surface area (Å²) < 4.78 is 44.7. The number of halogens is 1. The van der Waals surface area contributed by atoms with Crippen LogP contribution in [0.2, 0.25) is 5.02 Å². The predicted octanol–water partition coefficient (Wildman–Crippen LogP) is 8.02. The maximum absolute atomic E-state index is 12.5. The average Bonchev–Trinajstić information content (AvgIpc) is 3.60. The van der Waals surface area contributed by atoms with Crippen molar-refractivity contribution in [3.8, 4) is 23.0 Å². The summed E-state index contributed by atoms with van der Waals surface area (Å²) in [5.41, 5.74) is 5.48. The van der Waals surface area contributed by atoms with Crippen LogP contribution in [0, 0.1) is 20.8 Å². The highest BCUT2D eigenvalue weighted by molar-refractivity contribution is 8.15. The number of carbonyl (C=O) groups excluding carboxylic acids is 4. The fraction of sp³-hybridized carbons (Fsp3) is 0.404. The zero-order chi connectivity index (χ0) is 46.2. The molecule has 2 fully saturated rings. The molecule has 0 bridgehead atoms. The summed E-state index contributed by atoms with van der Waals surface area (Å²) in [7, 11) is -2.49. The summed E-state index contributed by atoms with van der Waals surface area (Å²) in [5, 5.41) is 18.0. The first-order valence-corrected chi connectivity index (χ1v) is 24.0. The normalized spacial score (nSPS) is 18.4. The van der Waals surface area contributed by atoms with Gasteiger partial charge in [-0.25, -0.2) is 17.9 Å². The molecule has 5 amide bonds. The number of rotatable bonds is 13. The van der Waals surface area contributed by atoms with E-state index in [1.165, 1.54) is 25.3 Å². The van der Waals surface area contributed by atoms with Crippen LogP contribution >= 0.6 is 23.4 Å². The van der Waals surface area contributed by atoms with Crippen LogP contribution in [0.5, 0.6) is 23.0 Å². The summed E-state index contributed by atoms with van der Waals surface area (Å²) in [6.45, 7) is 8.62. The minimum absolute atomic E-state index is 0.00209. The first-order valence-electron chi connectivity index (χ1n) is 21.2. The number of aromatic hydroxyl groups is 1. The molecule has 5 N–H and O–H groups in total. The zero-order valence-corrected chi connectivity index (χ0v) is 39.0. The Kier molecular flexibility index (Phi) is 15.8. The van der Waals surface area contributed by atoms with Crippen molar-refractivity contribution < 1.29 is 46.9 Å². The molecule has 3 aliphatic rings. The number of imide groups is 1. The van der Waals surface area contributed by atoms with Gasteiger partial charge in [0.2, 0.25) is 5.91 Å². The van der Waals surface area contributed by atoms with E-state index in [1.54, 1.807) is 24.3 Å². The Bertz CT molecular complexity index is 2480. The summed E-state index contributed by atoms with van der Waals surface area (Å²) in [4.78, 5) is 47.6. The number of hydrogen-bond donors (Lipinski definition) is 5. The molecule has 1 aliphatic carbocycles. The van der Waals surface area contributed by atoms with Crippen molar-refractivity contribution in [2.45, 2.75) is 107 Å². The first kappa shape index (κ1) is 48.0. The highest BCUT2D eigenvalue weighted by atomic mass is 35.5. The summed E-state index contributed by atoms with van der Waals surface area (Å²) in [6, 6.07) is 17.9. The van der Waals surface area contributed by atoms with Crippen molar-refractivity contribution >= 4 is 56.5 Å². The molecule has 2 aliphatic heterocycles. The third-order valence-electron chi connectivity index (χ3n) is 11.8. The number of methoxy groups -OCH3 is 1. The van der Waals surface area contributed by atoms with Crippen molar-refractivity contribution in [3.05, 3.63) is 111 Å². The molecule has 2 heterocycles. The van der Waals surface area contributed by atoms with Crippen molar-refractivity contribution in [2.24, 2.45) is 0 Å². The minimum atomic E-state index is -3.97. The molecule has 64 heavy (non-hydrogen) atoms. The average molecular weight is 936 g/mol. The van der Waals surface area contributed by atoms with Gasteiger partial charge in [0.25, 0.3) is 21.2 Å². The minimum Gasteiger partial charge on any atom is -0.507 e. The summed E-state index contributed by atoms with van der Waals surface area (Å²) in [5.74, 6) is 1.83. The smallest absolute Gasteiger partial charge is 0.328 e. The van der Waals surface area contributed by atoms with Gasteiger partial charge in [-0.15, -0.1) is 0 Å². The Hall–Kier alpha value is -5.45. The number of urea groups is 1. The fourth-order valence-corrected chi connectivity index (χ4v) is 9.79. The van der Waals surface area contributed by atoms with Gasteiger partial charge in [0, 0.05) is 23.2 Å². The Labute approximate surface area is 383 Å². The van der Waals surface area contributed by atoms with E-state index in [1.807, 2.05) is 52.0 Å². The van der Waals surface area contributed by atoms with Crippen LogP contribution in [0.4, 0.5) is 9.59 Å². The largest absolute Gasteiger partial charge is 0.507 e. The second-order valence-corrected chi connectivity index (χ2v) is 19.8. The summed E-state index contributed by atoms with van der Waals surface area (Å²) in [6.07, 6.45) is 7.56. The van der Waals surface area contributed by atoms with E-state index in [-0.39, 0.29) is 33.2 Å². The molecule has 7 rings (SSSR count). The molecule has 1 saturated carbocycles. The van der Waals surface area contributed by atoms with E-state index >= 15 is 0 Å². The number of amides is 5. The zero-order valence-electron chi connectivity index (χ0n) is 36.6. The van der Waals surface area contributed by atoms with Crippen LogP contribution in [0.25, 0.3) is 0 Å². The number of benzene rings is 4. The van der Waals surface area contributed by atoms with Crippen molar-refractivity contribution in [2.75, 3.05) is 20.3 Å². The number of carbonyl (C=O) groups is 4. The molecule has 342 valence electrons. The van der Waals surface area contributed by atoms with Crippen molar-refractivity contribution in [3.63, 3.8) is 0 Å². The van der Waals surface area contributed by atoms with Crippen LogP contribution in [0.1, 0.15) is 89.2 Å². The van der Waals surface area contributed by atoms with Crippen LogP contribution in [-0.2, 0) is 34.1 Å². The molecule has 0 radical (unpaired) electrons. The van der Waals surface area contributed by atoms with Crippen LogP contribution in [-0.4, -0.2) is 73.8 Å². The van der Waals surface area contributed by atoms with Gasteiger partial charge in [-0.2, -0.15) is 0 Å². The second kappa shape index (κ2) is 21.0. The molecule has 14 nitrogen and oxygen atoms in total. The molecule has 0 spiro atoms. The lowest BCUT2D eigenvalue weighted by atomic mass is 9.87. The van der Waals surface area contributed by atoms with E-state index in [4.69, 9.17) is 25.8 Å². The van der Waals surface area contributed by atoms with Gasteiger partial charge in [0.15, 0.2) is 0 Å². The molecule has 1 saturated heterocycles. The molecular formula is C47H55ClN4O10S2. The SMILES string of the molecule is COc1ccc(Cl)cc1C(=O)NCCc1ccc(S(=O)(=O)NC(=O)NC2CCCCC2)cc1.Cc1c(C)c2c(c(C)c1O)CCC(C)(COc1ccc(CC3SC(=O)NC3=O)cc1)O2. The third-order valence-corrected chi connectivity index (χ3v) is 14.3. The van der Waals surface area contributed by atoms with Gasteiger partial charge in [0.05, 0.1) is 22.8 Å². The Morgan fingerprint density at radius 3 is 2.30 bits per heavy atom. The molecule has 17 heteroatoms. The first-order chi connectivity index (χ1) is 30.4. The quantitative estimate of drug-likeness (QED) is 0.0871. The van der Waals surface area contributed by atoms with E-state index < -0.39 is 21.7 Å². The Morgan fingerprint density at radius 2 is 1.64 bits per heavy atom. The number of ether oxygens (including phenoxy) is 3. The molecule has 4 aromatic carbocycles. The maximum atomic E-state index is 12.5. The van der Waals surface area contributed by atoms with Crippen molar-refractivity contribution in [1.29, 1.82) is 0 Å². The van der Waals surface area contributed by atoms with E-state index in [9.17, 15) is 32.7 Å². The van der Waals surface area contributed by atoms with Gasteiger partial charge < -0.3 is 30.0 Å². The van der Waals surface area contributed by atoms with E-state index in [2.05, 4.69) is 20.7 Å². The lowest BCUT2D eigenvalue weighted by molar-refractivity contribution is -0.118. The highest BCUT2D eigenvalue weighted by Crippen LogP contribution is 2.43. The molecule has 2 atom stereocenters.